The van der Waals surface area contributed by atoms with E-state index in [1.54, 1.807) is 11.8 Å². The van der Waals surface area contributed by atoms with Gasteiger partial charge in [0.05, 0.1) is 12.7 Å². The number of likely N-dealkylation sites (tertiary alicyclic amines) is 1. The third kappa shape index (κ3) is 6.77. The molecule has 2 aliphatic rings. The van der Waals surface area contributed by atoms with E-state index in [-0.39, 0.29) is 30.8 Å². The van der Waals surface area contributed by atoms with Gasteiger partial charge < -0.3 is 24.8 Å². The molecule has 0 radical (unpaired) electrons. The number of aliphatic carboxylic acids is 1. The summed E-state index contributed by atoms with van der Waals surface area (Å²) in [6.45, 7) is 3.17. The standard InChI is InChI=1S/C33H36N2O6/c1-22(40-20-24-9-3-2-4-10-24)31(32(38)35-18-17-23(19-35)15-16-30(36)37)34-33(39)41-21-29-27-13-7-5-11-25(27)26-12-6-8-14-28(26)29/h2-14,22-23,29,31H,15-21H2,1H3,(H,34,39)(H,36,37). The number of ether oxygens (including phenoxy) is 2. The molecule has 0 aromatic heterocycles. The first-order valence-electron chi connectivity index (χ1n) is 14.2. The number of carbonyl (C=O) groups excluding carboxylic acids is 2. The molecule has 1 saturated heterocycles. The monoisotopic (exact) mass is 556 g/mol. The van der Waals surface area contributed by atoms with Crippen molar-refractivity contribution in [1.29, 1.82) is 0 Å². The molecule has 1 fully saturated rings. The van der Waals surface area contributed by atoms with Crippen molar-refractivity contribution in [1.82, 2.24) is 10.2 Å². The summed E-state index contributed by atoms with van der Waals surface area (Å²) < 4.78 is 11.8. The van der Waals surface area contributed by atoms with Gasteiger partial charge in [0.1, 0.15) is 12.6 Å². The van der Waals surface area contributed by atoms with Crippen molar-refractivity contribution in [2.45, 2.75) is 50.9 Å². The highest BCUT2D eigenvalue weighted by Gasteiger charge is 2.36. The highest BCUT2D eigenvalue weighted by Crippen LogP contribution is 2.44. The van der Waals surface area contributed by atoms with Crippen LogP contribution in [0.25, 0.3) is 11.1 Å². The van der Waals surface area contributed by atoms with Gasteiger partial charge in [-0.05, 0) is 53.5 Å². The minimum absolute atomic E-state index is 0.0741. The van der Waals surface area contributed by atoms with Crippen LogP contribution < -0.4 is 5.32 Å². The maximum absolute atomic E-state index is 13.7. The second-order valence-corrected chi connectivity index (χ2v) is 10.8. The number of carboxylic acids is 1. The number of hydrogen-bond acceptors (Lipinski definition) is 5. The van der Waals surface area contributed by atoms with Crippen LogP contribution in [0.5, 0.6) is 0 Å². The van der Waals surface area contributed by atoms with E-state index in [0.29, 0.717) is 26.1 Å². The van der Waals surface area contributed by atoms with Crippen LogP contribution in [0.4, 0.5) is 4.79 Å². The highest BCUT2D eigenvalue weighted by molar-refractivity contribution is 5.86. The van der Waals surface area contributed by atoms with E-state index < -0.39 is 24.2 Å². The molecule has 3 aromatic carbocycles. The maximum atomic E-state index is 13.7. The average molecular weight is 557 g/mol. The summed E-state index contributed by atoms with van der Waals surface area (Å²) in [7, 11) is 0. The first-order valence-corrected chi connectivity index (χ1v) is 14.2. The van der Waals surface area contributed by atoms with E-state index in [1.165, 1.54) is 0 Å². The summed E-state index contributed by atoms with van der Waals surface area (Å²) >= 11 is 0. The molecule has 5 rings (SSSR count). The summed E-state index contributed by atoms with van der Waals surface area (Å²) in [6, 6.07) is 24.9. The van der Waals surface area contributed by atoms with Crippen molar-refractivity contribution in [3.05, 3.63) is 95.6 Å². The molecule has 3 atom stereocenters. The Morgan fingerprint density at radius 3 is 2.24 bits per heavy atom. The van der Waals surface area contributed by atoms with Crippen LogP contribution in [-0.2, 0) is 25.7 Å². The van der Waals surface area contributed by atoms with E-state index >= 15 is 0 Å². The van der Waals surface area contributed by atoms with Gasteiger partial charge in [0.15, 0.2) is 0 Å². The molecular formula is C33H36N2O6. The molecule has 8 nitrogen and oxygen atoms in total. The van der Waals surface area contributed by atoms with E-state index in [4.69, 9.17) is 14.6 Å². The quantitative estimate of drug-likeness (QED) is 0.336. The SMILES string of the molecule is CC(OCc1ccccc1)C(NC(=O)OCC1c2ccccc2-c2ccccc21)C(=O)N1CCC(CCC(=O)O)C1. The second kappa shape index (κ2) is 13.0. The number of nitrogens with zero attached hydrogens (tertiary/aromatic N) is 1. The summed E-state index contributed by atoms with van der Waals surface area (Å²) in [5.74, 6) is -1.07. The molecule has 214 valence electrons. The van der Waals surface area contributed by atoms with Gasteiger partial charge in [0, 0.05) is 25.4 Å². The van der Waals surface area contributed by atoms with Crippen molar-refractivity contribution in [3.63, 3.8) is 0 Å². The summed E-state index contributed by atoms with van der Waals surface area (Å²) in [6.07, 6.45) is 0.0212. The van der Waals surface area contributed by atoms with Crippen molar-refractivity contribution in [3.8, 4) is 11.1 Å². The topological polar surface area (TPSA) is 105 Å². The van der Waals surface area contributed by atoms with E-state index in [9.17, 15) is 14.4 Å². The molecule has 1 heterocycles. The van der Waals surface area contributed by atoms with Crippen molar-refractivity contribution >= 4 is 18.0 Å². The summed E-state index contributed by atoms with van der Waals surface area (Å²) in [5, 5.41) is 11.8. The smallest absolute Gasteiger partial charge is 0.407 e. The fraction of sp³-hybridized carbons (Fsp3) is 0.364. The van der Waals surface area contributed by atoms with E-state index in [1.807, 2.05) is 54.6 Å². The Morgan fingerprint density at radius 1 is 0.951 bits per heavy atom. The number of nitrogens with one attached hydrogen (secondary N) is 1. The van der Waals surface area contributed by atoms with Crippen LogP contribution in [0.15, 0.2) is 78.9 Å². The van der Waals surface area contributed by atoms with Crippen LogP contribution in [0.2, 0.25) is 0 Å². The third-order valence-corrected chi connectivity index (χ3v) is 8.07. The molecule has 1 aliphatic carbocycles. The van der Waals surface area contributed by atoms with Crippen LogP contribution in [0.1, 0.15) is 48.8 Å². The lowest BCUT2D eigenvalue weighted by molar-refractivity contribution is -0.137. The van der Waals surface area contributed by atoms with Gasteiger partial charge in [-0.1, -0.05) is 78.9 Å². The lowest BCUT2D eigenvalue weighted by atomic mass is 9.98. The van der Waals surface area contributed by atoms with Gasteiger partial charge in [-0.25, -0.2) is 4.79 Å². The molecule has 1 aliphatic heterocycles. The molecule has 0 spiro atoms. The Balaban J connectivity index is 1.25. The molecular weight excluding hydrogens is 520 g/mol. The number of carboxylic acid groups (broad SMARTS) is 1. The number of amides is 2. The average Bonchev–Trinajstić information content (AvgIpc) is 3.60. The Kier molecular flexibility index (Phi) is 8.99. The van der Waals surface area contributed by atoms with Crippen LogP contribution in [0, 0.1) is 5.92 Å². The molecule has 0 saturated carbocycles. The summed E-state index contributed by atoms with van der Waals surface area (Å²) in [4.78, 5) is 39.5. The Morgan fingerprint density at radius 2 is 1.59 bits per heavy atom. The van der Waals surface area contributed by atoms with Gasteiger partial charge >= 0.3 is 12.1 Å². The van der Waals surface area contributed by atoms with Crippen molar-refractivity contribution in [2.75, 3.05) is 19.7 Å². The predicted molar refractivity (Wildman–Crippen MR) is 154 cm³/mol. The zero-order valence-electron chi connectivity index (χ0n) is 23.2. The first-order chi connectivity index (χ1) is 19.9. The fourth-order valence-electron chi connectivity index (χ4n) is 5.84. The van der Waals surface area contributed by atoms with Crippen LogP contribution in [0.3, 0.4) is 0 Å². The number of carbonyl (C=O) groups is 3. The molecule has 8 heteroatoms. The Hall–Kier alpha value is -4.17. The number of hydrogen-bond donors (Lipinski definition) is 2. The maximum Gasteiger partial charge on any atom is 0.407 e. The molecule has 3 aromatic rings. The lowest BCUT2D eigenvalue weighted by Crippen LogP contribution is -2.54. The predicted octanol–water partition coefficient (Wildman–Crippen LogP) is 5.21. The zero-order chi connectivity index (χ0) is 28.8. The molecule has 0 bridgehead atoms. The normalized spacial score (nSPS) is 17.4. The first kappa shape index (κ1) is 28.4. The number of alkyl carbamates (subject to hydrolysis) is 1. The lowest BCUT2D eigenvalue weighted by Gasteiger charge is -2.29. The highest BCUT2D eigenvalue weighted by atomic mass is 16.5. The third-order valence-electron chi connectivity index (χ3n) is 8.07. The van der Waals surface area contributed by atoms with Gasteiger partial charge in [-0.15, -0.1) is 0 Å². The van der Waals surface area contributed by atoms with Gasteiger partial charge in [0.25, 0.3) is 0 Å². The minimum atomic E-state index is -0.951. The molecule has 2 N–H and O–H groups in total. The Labute approximate surface area is 240 Å². The minimum Gasteiger partial charge on any atom is -0.481 e. The van der Waals surface area contributed by atoms with Gasteiger partial charge in [-0.2, -0.15) is 0 Å². The van der Waals surface area contributed by atoms with Gasteiger partial charge in [-0.3, -0.25) is 9.59 Å². The van der Waals surface area contributed by atoms with Gasteiger partial charge in [0.2, 0.25) is 5.91 Å². The zero-order valence-corrected chi connectivity index (χ0v) is 23.2. The molecule has 2 amide bonds. The summed E-state index contributed by atoms with van der Waals surface area (Å²) in [5.41, 5.74) is 5.46. The second-order valence-electron chi connectivity index (χ2n) is 10.8. The number of benzene rings is 3. The number of fused-ring (bicyclic) bond motifs is 3. The van der Waals surface area contributed by atoms with Crippen molar-refractivity contribution in [2.24, 2.45) is 5.92 Å². The molecule has 3 unspecified atom stereocenters. The Bertz CT molecular complexity index is 1330. The van der Waals surface area contributed by atoms with E-state index in [2.05, 4.69) is 29.6 Å². The van der Waals surface area contributed by atoms with Crippen LogP contribution in [-0.4, -0.2) is 59.8 Å². The molecule has 41 heavy (non-hydrogen) atoms. The van der Waals surface area contributed by atoms with Crippen molar-refractivity contribution < 1.29 is 29.0 Å². The fourth-order valence-corrected chi connectivity index (χ4v) is 5.84. The van der Waals surface area contributed by atoms with Crippen LogP contribution >= 0.6 is 0 Å². The number of rotatable bonds is 11. The largest absolute Gasteiger partial charge is 0.481 e. The van der Waals surface area contributed by atoms with E-state index in [0.717, 1.165) is 34.2 Å².